The van der Waals surface area contributed by atoms with Crippen LogP contribution in [0.5, 0.6) is 5.75 Å². The number of hydrogen-bond acceptors (Lipinski definition) is 4. The van der Waals surface area contributed by atoms with E-state index in [9.17, 15) is 0 Å². The SMILES string of the molecule is COc1ccc2c(c1)[C@@]1(C)CCN(C)[C@H](C2)[C@@H]1N(C)CC1CCNCC1. The van der Waals surface area contributed by atoms with Crippen molar-refractivity contribution in [2.75, 3.05) is 47.4 Å². The van der Waals surface area contributed by atoms with Crippen molar-refractivity contribution >= 4 is 0 Å². The Kier molecular flexibility index (Phi) is 5.02. The number of ether oxygens (including phenoxy) is 1. The van der Waals surface area contributed by atoms with Crippen LogP contribution in [0.2, 0.25) is 0 Å². The molecule has 4 rings (SSSR count). The van der Waals surface area contributed by atoms with Gasteiger partial charge in [0.05, 0.1) is 7.11 Å². The zero-order valence-corrected chi connectivity index (χ0v) is 16.9. The number of nitrogens with zero attached hydrogens (tertiary/aromatic N) is 2. The quantitative estimate of drug-likeness (QED) is 0.896. The van der Waals surface area contributed by atoms with Crippen LogP contribution < -0.4 is 10.1 Å². The molecule has 3 atom stereocenters. The maximum atomic E-state index is 5.57. The summed E-state index contributed by atoms with van der Waals surface area (Å²) in [5.74, 6) is 1.84. The maximum Gasteiger partial charge on any atom is 0.119 e. The van der Waals surface area contributed by atoms with Crippen molar-refractivity contribution in [2.45, 2.75) is 50.1 Å². The average molecular weight is 358 g/mol. The second-order valence-electron chi connectivity index (χ2n) is 9.02. The van der Waals surface area contributed by atoms with E-state index in [2.05, 4.69) is 54.3 Å². The number of rotatable bonds is 4. The van der Waals surface area contributed by atoms with Crippen LogP contribution in [0.25, 0.3) is 0 Å². The highest BCUT2D eigenvalue weighted by Gasteiger charge is 2.51. The molecule has 1 N–H and O–H groups in total. The zero-order chi connectivity index (χ0) is 18.3. The zero-order valence-electron chi connectivity index (χ0n) is 16.9. The van der Waals surface area contributed by atoms with Crippen LogP contribution >= 0.6 is 0 Å². The first-order chi connectivity index (χ1) is 12.5. The molecule has 3 aliphatic rings. The highest BCUT2D eigenvalue weighted by Crippen LogP contribution is 2.47. The third-order valence-electron chi connectivity index (χ3n) is 7.41. The standard InChI is InChI=1S/C22H35N3O/c1-22-9-12-24(2)20(13-17-5-6-18(26-4)14-19(17)22)21(22)25(3)15-16-7-10-23-11-8-16/h5-6,14,16,20-21,23H,7-13,15H2,1-4H3/t20-,21+,22-/m1/s1. The molecule has 1 aromatic carbocycles. The summed E-state index contributed by atoms with van der Waals surface area (Å²) < 4.78 is 5.57. The van der Waals surface area contributed by atoms with Gasteiger partial charge in [-0.15, -0.1) is 0 Å². The highest BCUT2D eigenvalue weighted by molar-refractivity contribution is 5.45. The van der Waals surface area contributed by atoms with Crippen molar-refractivity contribution in [1.82, 2.24) is 15.1 Å². The van der Waals surface area contributed by atoms with E-state index >= 15 is 0 Å². The lowest BCUT2D eigenvalue weighted by atomic mass is 9.61. The Morgan fingerprint density at radius 3 is 2.81 bits per heavy atom. The molecule has 0 aromatic heterocycles. The first-order valence-corrected chi connectivity index (χ1v) is 10.3. The topological polar surface area (TPSA) is 27.7 Å². The number of hydrogen-bond donors (Lipinski definition) is 1. The molecule has 2 saturated heterocycles. The van der Waals surface area contributed by atoms with Crippen molar-refractivity contribution in [3.63, 3.8) is 0 Å². The van der Waals surface area contributed by atoms with E-state index < -0.39 is 0 Å². The van der Waals surface area contributed by atoms with Crippen molar-refractivity contribution in [3.05, 3.63) is 29.3 Å². The van der Waals surface area contributed by atoms with Gasteiger partial charge >= 0.3 is 0 Å². The van der Waals surface area contributed by atoms with E-state index in [1.54, 1.807) is 7.11 Å². The van der Waals surface area contributed by atoms with Gasteiger partial charge in [-0.3, -0.25) is 0 Å². The summed E-state index contributed by atoms with van der Waals surface area (Å²) in [6.45, 7) is 7.29. The molecule has 1 aromatic rings. The second kappa shape index (κ2) is 7.14. The predicted octanol–water partition coefficient (Wildman–Crippen LogP) is 2.51. The number of likely N-dealkylation sites (tertiary alicyclic amines) is 1. The fraction of sp³-hybridized carbons (Fsp3) is 0.727. The van der Waals surface area contributed by atoms with Crippen molar-refractivity contribution in [3.8, 4) is 5.75 Å². The van der Waals surface area contributed by atoms with E-state index in [0.717, 1.165) is 18.1 Å². The summed E-state index contributed by atoms with van der Waals surface area (Å²) in [7, 11) is 6.48. The lowest BCUT2D eigenvalue weighted by Crippen LogP contribution is -2.66. The smallest absolute Gasteiger partial charge is 0.119 e. The third kappa shape index (κ3) is 3.06. The first-order valence-electron chi connectivity index (χ1n) is 10.3. The number of methoxy groups -OCH3 is 1. The average Bonchev–Trinajstić information content (AvgIpc) is 2.65. The van der Waals surface area contributed by atoms with Crippen LogP contribution in [-0.2, 0) is 11.8 Å². The molecule has 0 unspecified atom stereocenters. The Hall–Kier alpha value is -1.10. The number of nitrogens with one attached hydrogen (secondary N) is 1. The Bertz CT molecular complexity index is 642. The number of benzene rings is 1. The van der Waals surface area contributed by atoms with Crippen molar-refractivity contribution in [2.24, 2.45) is 5.92 Å². The van der Waals surface area contributed by atoms with E-state index in [4.69, 9.17) is 4.74 Å². The van der Waals surface area contributed by atoms with Gasteiger partial charge in [0.25, 0.3) is 0 Å². The summed E-state index contributed by atoms with van der Waals surface area (Å²) in [4.78, 5) is 5.32. The minimum Gasteiger partial charge on any atom is -0.497 e. The van der Waals surface area contributed by atoms with Crippen LogP contribution in [0, 0.1) is 5.92 Å². The summed E-state index contributed by atoms with van der Waals surface area (Å²) >= 11 is 0. The highest BCUT2D eigenvalue weighted by atomic mass is 16.5. The predicted molar refractivity (Wildman–Crippen MR) is 107 cm³/mol. The van der Waals surface area contributed by atoms with Crippen molar-refractivity contribution < 1.29 is 4.74 Å². The van der Waals surface area contributed by atoms with Gasteiger partial charge in [-0.25, -0.2) is 0 Å². The monoisotopic (exact) mass is 357 g/mol. The van der Waals surface area contributed by atoms with Crippen LogP contribution in [0.4, 0.5) is 0 Å². The molecule has 2 heterocycles. The van der Waals surface area contributed by atoms with Crippen LogP contribution in [0.1, 0.15) is 37.3 Å². The van der Waals surface area contributed by atoms with Gasteiger partial charge in [0, 0.05) is 24.0 Å². The molecular weight excluding hydrogens is 322 g/mol. The minimum absolute atomic E-state index is 0.209. The lowest BCUT2D eigenvalue weighted by molar-refractivity contribution is -0.00510. The molecule has 4 nitrogen and oxygen atoms in total. The number of likely N-dealkylation sites (N-methyl/N-ethyl adjacent to an activating group) is 2. The van der Waals surface area contributed by atoms with Gasteiger partial charge in [-0.2, -0.15) is 0 Å². The molecule has 0 amide bonds. The van der Waals surface area contributed by atoms with Crippen LogP contribution in [0.15, 0.2) is 18.2 Å². The van der Waals surface area contributed by atoms with Gasteiger partial charge in [0.15, 0.2) is 0 Å². The fourth-order valence-electron chi connectivity index (χ4n) is 5.93. The Morgan fingerprint density at radius 2 is 2.08 bits per heavy atom. The third-order valence-corrected chi connectivity index (χ3v) is 7.41. The molecule has 0 saturated carbocycles. The minimum atomic E-state index is 0.209. The molecule has 0 radical (unpaired) electrons. The molecular formula is C22H35N3O. The second-order valence-corrected chi connectivity index (χ2v) is 9.02. The van der Waals surface area contributed by atoms with E-state index in [-0.39, 0.29) is 5.41 Å². The Morgan fingerprint density at radius 1 is 1.31 bits per heavy atom. The molecule has 2 fully saturated rings. The van der Waals surface area contributed by atoms with Gasteiger partial charge in [0.2, 0.25) is 0 Å². The summed E-state index contributed by atoms with van der Waals surface area (Å²) in [5, 5.41) is 3.51. The summed E-state index contributed by atoms with van der Waals surface area (Å²) in [5.41, 5.74) is 3.26. The van der Waals surface area contributed by atoms with E-state index in [0.29, 0.717) is 12.1 Å². The number of fused-ring (bicyclic) bond motifs is 4. The molecule has 2 bridgehead atoms. The fourth-order valence-corrected chi connectivity index (χ4v) is 5.93. The molecule has 26 heavy (non-hydrogen) atoms. The molecule has 2 aliphatic heterocycles. The van der Waals surface area contributed by atoms with Gasteiger partial charge in [-0.1, -0.05) is 13.0 Å². The van der Waals surface area contributed by atoms with Gasteiger partial charge in [0.1, 0.15) is 5.75 Å². The summed E-state index contributed by atoms with van der Waals surface area (Å²) in [6, 6.07) is 7.96. The van der Waals surface area contributed by atoms with Crippen LogP contribution in [0.3, 0.4) is 0 Å². The molecule has 4 heteroatoms. The largest absolute Gasteiger partial charge is 0.497 e. The number of piperidine rings is 2. The normalized spacial score (nSPS) is 32.5. The van der Waals surface area contributed by atoms with Crippen molar-refractivity contribution in [1.29, 1.82) is 0 Å². The molecule has 0 spiro atoms. The Balaban J connectivity index is 1.66. The maximum absolute atomic E-state index is 5.57. The van der Waals surface area contributed by atoms with Gasteiger partial charge in [-0.05, 0) is 88.6 Å². The summed E-state index contributed by atoms with van der Waals surface area (Å²) in [6.07, 6.45) is 5.02. The Labute approximate surface area is 158 Å². The molecule has 1 aliphatic carbocycles. The van der Waals surface area contributed by atoms with E-state index in [1.165, 1.54) is 56.6 Å². The van der Waals surface area contributed by atoms with Gasteiger partial charge < -0.3 is 19.9 Å². The molecule has 144 valence electrons. The van der Waals surface area contributed by atoms with E-state index in [1.807, 2.05) is 0 Å². The lowest BCUT2D eigenvalue weighted by Gasteiger charge is -2.58. The first kappa shape index (κ1) is 18.3. The van der Waals surface area contributed by atoms with Crippen LogP contribution in [-0.4, -0.2) is 69.3 Å².